The summed E-state index contributed by atoms with van der Waals surface area (Å²) < 4.78 is 5.88. The molecule has 18 heavy (non-hydrogen) atoms. The molecule has 92 valence electrons. The van der Waals surface area contributed by atoms with E-state index in [9.17, 15) is 4.79 Å². The number of ether oxygens (including phenoxy) is 1. The Balaban J connectivity index is 2.41. The Bertz CT molecular complexity index is 576. The summed E-state index contributed by atoms with van der Waals surface area (Å²) in [6.07, 6.45) is 0. The molecular weight excluding hydrogens is 316 g/mol. The van der Waals surface area contributed by atoms with Crippen molar-refractivity contribution in [1.82, 2.24) is 0 Å². The second-order valence-corrected chi connectivity index (χ2v) is 5.07. The van der Waals surface area contributed by atoms with Gasteiger partial charge in [-0.15, -0.1) is 0 Å². The van der Waals surface area contributed by atoms with Gasteiger partial charge in [-0.3, -0.25) is 4.79 Å². The largest absolute Gasteiger partial charge is 0.497 e. The fourth-order valence-electron chi connectivity index (χ4n) is 1.62. The molecule has 0 aliphatic heterocycles. The van der Waals surface area contributed by atoms with Gasteiger partial charge in [0.15, 0.2) is 5.78 Å². The summed E-state index contributed by atoms with van der Waals surface area (Å²) in [4.78, 5) is 12.3. The van der Waals surface area contributed by atoms with E-state index in [4.69, 9.17) is 16.3 Å². The van der Waals surface area contributed by atoms with Crippen LogP contribution < -0.4 is 4.74 Å². The number of carbonyl (C=O) groups excluding carboxylic acids is 1. The molecule has 0 fully saturated rings. The molecular formula is C14H10BrClO2. The molecule has 4 heteroatoms. The van der Waals surface area contributed by atoms with Crippen LogP contribution in [0.15, 0.2) is 46.9 Å². The van der Waals surface area contributed by atoms with Crippen molar-refractivity contribution in [1.29, 1.82) is 0 Å². The van der Waals surface area contributed by atoms with E-state index in [1.165, 1.54) is 0 Å². The van der Waals surface area contributed by atoms with Crippen LogP contribution in [0.5, 0.6) is 5.75 Å². The quantitative estimate of drug-likeness (QED) is 0.785. The van der Waals surface area contributed by atoms with Gasteiger partial charge in [-0.25, -0.2) is 0 Å². The molecule has 2 nitrogen and oxygen atoms in total. The van der Waals surface area contributed by atoms with Crippen LogP contribution in [-0.2, 0) is 0 Å². The van der Waals surface area contributed by atoms with Crippen LogP contribution in [0.3, 0.4) is 0 Å². The van der Waals surface area contributed by atoms with Crippen molar-refractivity contribution in [2.75, 3.05) is 7.11 Å². The average Bonchev–Trinajstić information content (AvgIpc) is 2.37. The lowest BCUT2D eigenvalue weighted by Crippen LogP contribution is -2.01. The summed E-state index contributed by atoms with van der Waals surface area (Å²) in [7, 11) is 1.57. The van der Waals surface area contributed by atoms with E-state index in [0.29, 0.717) is 21.9 Å². The molecule has 0 aromatic heterocycles. The molecule has 0 aliphatic rings. The Morgan fingerprint density at radius 2 is 1.94 bits per heavy atom. The first kappa shape index (κ1) is 13.1. The maximum atomic E-state index is 12.3. The maximum absolute atomic E-state index is 12.3. The van der Waals surface area contributed by atoms with Crippen LogP contribution in [0.1, 0.15) is 15.9 Å². The summed E-state index contributed by atoms with van der Waals surface area (Å²) in [5.74, 6) is 0.569. The topological polar surface area (TPSA) is 26.3 Å². The number of methoxy groups -OCH3 is 1. The molecule has 0 heterocycles. The number of carbonyl (C=O) groups is 1. The summed E-state index contributed by atoms with van der Waals surface area (Å²) in [5.41, 5.74) is 1.12. The van der Waals surface area contributed by atoms with Gasteiger partial charge in [0.2, 0.25) is 0 Å². The molecule has 2 rings (SSSR count). The molecule has 2 aromatic rings. The SMILES string of the molecule is COc1cccc(C(=O)c2cc(Cl)cc(Br)c2)c1. The van der Waals surface area contributed by atoms with Gasteiger partial charge >= 0.3 is 0 Å². The van der Waals surface area contributed by atoms with Crippen molar-refractivity contribution in [3.05, 3.63) is 63.1 Å². The van der Waals surface area contributed by atoms with Gasteiger partial charge in [0.05, 0.1) is 7.11 Å². The highest BCUT2D eigenvalue weighted by Gasteiger charge is 2.11. The van der Waals surface area contributed by atoms with Crippen LogP contribution in [-0.4, -0.2) is 12.9 Å². The van der Waals surface area contributed by atoms with Crippen molar-refractivity contribution in [2.45, 2.75) is 0 Å². The van der Waals surface area contributed by atoms with E-state index < -0.39 is 0 Å². The molecule has 0 unspecified atom stereocenters. The predicted molar refractivity (Wildman–Crippen MR) is 75.6 cm³/mol. The Labute approximate surface area is 119 Å². The molecule has 0 amide bonds. The van der Waals surface area contributed by atoms with Crippen LogP contribution in [0.25, 0.3) is 0 Å². The van der Waals surface area contributed by atoms with E-state index in [2.05, 4.69) is 15.9 Å². The molecule has 0 saturated carbocycles. The van der Waals surface area contributed by atoms with Gasteiger partial charge in [-0.05, 0) is 30.3 Å². The number of rotatable bonds is 3. The summed E-state index contributed by atoms with van der Waals surface area (Å²) in [6, 6.07) is 12.2. The minimum Gasteiger partial charge on any atom is -0.497 e. The zero-order valence-electron chi connectivity index (χ0n) is 9.61. The first-order valence-corrected chi connectivity index (χ1v) is 6.42. The van der Waals surface area contributed by atoms with Gasteiger partial charge in [-0.2, -0.15) is 0 Å². The van der Waals surface area contributed by atoms with Crippen LogP contribution >= 0.6 is 27.5 Å². The minimum atomic E-state index is -0.0860. The standard InChI is InChI=1S/C14H10BrClO2/c1-18-13-4-2-3-9(7-13)14(17)10-5-11(15)8-12(16)6-10/h2-8H,1H3. The first-order valence-electron chi connectivity index (χ1n) is 5.25. The Hall–Kier alpha value is -1.32. The number of hydrogen-bond acceptors (Lipinski definition) is 2. The average molecular weight is 326 g/mol. The second kappa shape index (κ2) is 5.55. The third kappa shape index (κ3) is 2.92. The summed E-state index contributed by atoms with van der Waals surface area (Å²) >= 11 is 9.25. The Morgan fingerprint density at radius 1 is 1.17 bits per heavy atom. The highest BCUT2D eigenvalue weighted by atomic mass is 79.9. The molecule has 0 N–H and O–H groups in total. The second-order valence-electron chi connectivity index (χ2n) is 3.72. The molecule has 0 aliphatic carbocycles. The highest BCUT2D eigenvalue weighted by molar-refractivity contribution is 9.10. The monoisotopic (exact) mass is 324 g/mol. The van der Waals surface area contributed by atoms with Crippen molar-refractivity contribution in [3.8, 4) is 5.75 Å². The van der Waals surface area contributed by atoms with E-state index in [1.807, 2.05) is 0 Å². The highest BCUT2D eigenvalue weighted by Crippen LogP contribution is 2.23. The molecule has 0 atom stereocenters. The zero-order chi connectivity index (χ0) is 13.1. The Kier molecular flexibility index (Phi) is 4.04. The molecule has 0 radical (unpaired) electrons. The van der Waals surface area contributed by atoms with Crippen molar-refractivity contribution in [2.24, 2.45) is 0 Å². The summed E-state index contributed by atoms with van der Waals surface area (Å²) in [6.45, 7) is 0. The van der Waals surface area contributed by atoms with Crippen molar-refractivity contribution < 1.29 is 9.53 Å². The Morgan fingerprint density at radius 3 is 2.61 bits per heavy atom. The van der Waals surface area contributed by atoms with Gasteiger partial charge in [0.1, 0.15) is 5.75 Å². The van der Waals surface area contributed by atoms with Crippen molar-refractivity contribution >= 4 is 33.3 Å². The van der Waals surface area contributed by atoms with Gasteiger partial charge in [0, 0.05) is 20.6 Å². The lowest BCUT2D eigenvalue weighted by molar-refractivity contribution is 0.103. The van der Waals surface area contributed by atoms with E-state index in [1.54, 1.807) is 49.6 Å². The maximum Gasteiger partial charge on any atom is 0.193 e. The van der Waals surface area contributed by atoms with Gasteiger partial charge in [-0.1, -0.05) is 39.7 Å². The van der Waals surface area contributed by atoms with E-state index >= 15 is 0 Å². The zero-order valence-corrected chi connectivity index (χ0v) is 12.0. The third-order valence-electron chi connectivity index (χ3n) is 2.46. The number of hydrogen-bond donors (Lipinski definition) is 0. The van der Waals surface area contributed by atoms with E-state index in [0.717, 1.165) is 4.47 Å². The fourth-order valence-corrected chi connectivity index (χ4v) is 2.48. The van der Waals surface area contributed by atoms with Gasteiger partial charge in [0.25, 0.3) is 0 Å². The number of ketones is 1. The number of benzene rings is 2. The first-order chi connectivity index (χ1) is 8.60. The van der Waals surface area contributed by atoms with Gasteiger partial charge < -0.3 is 4.74 Å². The lowest BCUT2D eigenvalue weighted by Gasteiger charge is -2.05. The van der Waals surface area contributed by atoms with Crippen LogP contribution in [0.4, 0.5) is 0 Å². The lowest BCUT2D eigenvalue weighted by atomic mass is 10.0. The smallest absolute Gasteiger partial charge is 0.193 e. The molecule has 0 bridgehead atoms. The molecule has 2 aromatic carbocycles. The molecule has 0 saturated heterocycles. The fraction of sp³-hybridized carbons (Fsp3) is 0.0714. The minimum absolute atomic E-state index is 0.0860. The summed E-state index contributed by atoms with van der Waals surface area (Å²) in [5, 5.41) is 0.524. The van der Waals surface area contributed by atoms with E-state index in [-0.39, 0.29) is 5.78 Å². The molecule has 0 spiro atoms. The number of halogens is 2. The third-order valence-corrected chi connectivity index (χ3v) is 3.13. The normalized spacial score (nSPS) is 10.2. The predicted octanol–water partition coefficient (Wildman–Crippen LogP) is 4.34. The van der Waals surface area contributed by atoms with Crippen molar-refractivity contribution in [3.63, 3.8) is 0 Å². The van der Waals surface area contributed by atoms with Crippen LogP contribution in [0, 0.1) is 0 Å². The van der Waals surface area contributed by atoms with Crippen LogP contribution in [0.2, 0.25) is 5.02 Å².